The molecule has 0 aliphatic rings. The average molecular weight is 579 g/mol. The minimum atomic E-state index is 0.533. The van der Waals surface area contributed by atoms with Crippen LogP contribution in [-0.4, -0.2) is 19.5 Å². The van der Waals surface area contributed by atoms with Crippen LogP contribution in [0.1, 0.15) is 0 Å². The van der Waals surface area contributed by atoms with Crippen molar-refractivity contribution in [2.45, 2.75) is 0 Å². The zero-order valence-electron chi connectivity index (χ0n) is 23.8. The summed E-state index contributed by atoms with van der Waals surface area (Å²) < 4.78 is 14.8. The van der Waals surface area contributed by atoms with Crippen molar-refractivity contribution >= 4 is 65.7 Å². The summed E-state index contributed by atoms with van der Waals surface area (Å²) in [4.78, 5) is 15.3. The van der Waals surface area contributed by atoms with Gasteiger partial charge in [0.2, 0.25) is 5.95 Å². The molecule has 0 spiro atoms. The van der Waals surface area contributed by atoms with E-state index in [9.17, 15) is 0 Å². The zero-order chi connectivity index (χ0) is 29.5. The molecule has 0 N–H and O–H groups in total. The molecule has 210 valence electrons. The number of rotatable bonds is 3. The average Bonchev–Trinajstić information content (AvgIpc) is 3.76. The molecule has 0 aliphatic carbocycles. The van der Waals surface area contributed by atoms with E-state index in [1.54, 1.807) is 0 Å². The first-order chi connectivity index (χ1) is 22.3. The number of fused-ring (bicyclic) bond motifs is 9. The van der Waals surface area contributed by atoms with Gasteiger partial charge in [-0.2, -0.15) is 9.97 Å². The van der Waals surface area contributed by atoms with E-state index in [0.717, 1.165) is 76.8 Å². The van der Waals surface area contributed by atoms with Gasteiger partial charge < -0.3 is 8.83 Å². The van der Waals surface area contributed by atoms with Gasteiger partial charge in [0, 0.05) is 37.9 Å². The number of hydrogen-bond donors (Lipinski definition) is 0. The monoisotopic (exact) mass is 578 g/mol. The van der Waals surface area contributed by atoms with Gasteiger partial charge in [-0.05, 0) is 36.4 Å². The molecule has 0 radical (unpaired) electrons. The second-order valence-corrected chi connectivity index (χ2v) is 11.2. The topological polar surface area (TPSA) is 69.9 Å². The van der Waals surface area contributed by atoms with E-state index in [-0.39, 0.29) is 0 Å². The Morgan fingerprint density at radius 3 is 1.93 bits per heavy atom. The lowest BCUT2D eigenvalue weighted by Gasteiger charge is -2.11. The number of aromatic nitrogens is 4. The van der Waals surface area contributed by atoms with Gasteiger partial charge in [0.25, 0.3) is 0 Å². The van der Waals surface area contributed by atoms with Crippen molar-refractivity contribution in [3.8, 4) is 28.7 Å². The number of furan rings is 2. The third-order valence-corrected chi connectivity index (χ3v) is 8.67. The Bertz CT molecular complexity index is 2770. The van der Waals surface area contributed by atoms with Gasteiger partial charge in [0.15, 0.2) is 11.6 Å². The normalized spacial score (nSPS) is 12.0. The fourth-order valence-electron chi connectivity index (χ4n) is 6.63. The zero-order valence-corrected chi connectivity index (χ0v) is 23.8. The Labute approximate surface area is 255 Å². The number of hydrogen-bond acceptors (Lipinski definition) is 5. The van der Waals surface area contributed by atoms with E-state index in [4.69, 9.17) is 23.8 Å². The molecule has 0 aliphatic heterocycles. The summed E-state index contributed by atoms with van der Waals surface area (Å²) in [5.74, 6) is 1.67. The van der Waals surface area contributed by atoms with Crippen LogP contribution in [0.3, 0.4) is 0 Å². The van der Waals surface area contributed by atoms with Gasteiger partial charge >= 0.3 is 0 Å². The summed E-state index contributed by atoms with van der Waals surface area (Å²) in [6.45, 7) is 0. The molecular formula is C39H22N4O2. The first-order valence-corrected chi connectivity index (χ1v) is 14.9. The van der Waals surface area contributed by atoms with Crippen molar-refractivity contribution in [1.82, 2.24) is 19.5 Å². The van der Waals surface area contributed by atoms with Crippen LogP contribution >= 0.6 is 0 Å². The van der Waals surface area contributed by atoms with Crippen molar-refractivity contribution in [1.29, 1.82) is 0 Å². The number of para-hydroxylation sites is 4. The summed E-state index contributed by atoms with van der Waals surface area (Å²) in [6, 6.07) is 45.1. The molecule has 45 heavy (non-hydrogen) atoms. The predicted octanol–water partition coefficient (Wildman–Crippen LogP) is 10.1. The van der Waals surface area contributed by atoms with E-state index in [0.29, 0.717) is 17.6 Å². The fourth-order valence-corrected chi connectivity index (χ4v) is 6.63. The Balaban J connectivity index is 1.31. The molecule has 10 rings (SSSR count). The van der Waals surface area contributed by atoms with E-state index >= 15 is 0 Å². The molecule has 0 unspecified atom stereocenters. The molecule has 6 heteroatoms. The molecule has 10 aromatic rings. The van der Waals surface area contributed by atoms with Gasteiger partial charge in [0.1, 0.15) is 22.3 Å². The van der Waals surface area contributed by atoms with Gasteiger partial charge in [0.05, 0.1) is 16.6 Å². The summed E-state index contributed by atoms with van der Waals surface area (Å²) in [6.07, 6.45) is 0. The highest BCUT2D eigenvalue weighted by Gasteiger charge is 2.21. The summed E-state index contributed by atoms with van der Waals surface area (Å²) in [5.41, 5.74) is 7.01. The molecule has 0 saturated carbocycles. The second kappa shape index (κ2) is 9.11. The van der Waals surface area contributed by atoms with Crippen molar-refractivity contribution < 1.29 is 8.83 Å². The summed E-state index contributed by atoms with van der Waals surface area (Å²) in [7, 11) is 0. The minimum absolute atomic E-state index is 0.533. The summed E-state index contributed by atoms with van der Waals surface area (Å²) >= 11 is 0. The molecular weight excluding hydrogens is 556 g/mol. The third-order valence-electron chi connectivity index (χ3n) is 8.67. The Morgan fingerprint density at radius 2 is 1.09 bits per heavy atom. The van der Waals surface area contributed by atoms with Crippen LogP contribution in [0.15, 0.2) is 142 Å². The largest absolute Gasteiger partial charge is 0.456 e. The highest BCUT2D eigenvalue weighted by molar-refractivity contribution is 6.17. The molecule has 0 atom stereocenters. The molecule has 0 saturated heterocycles. The van der Waals surface area contributed by atoms with Crippen LogP contribution in [0.2, 0.25) is 0 Å². The summed E-state index contributed by atoms with van der Waals surface area (Å²) in [5, 5.41) is 6.37. The Hall–Kier alpha value is -6.27. The second-order valence-electron chi connectivity index (χ2n) is 11.2. The molecule has 4 heterocycles. The van der Waals surface area contributed by atoms with Crippen LogP contribution in [0.5, 0.6) is 0 Å². The molecule has 0 bridgehead atoms. The van der Waals surface area contributed by atoms with Gasteiger partial charge in [-0.1, -0.05) is 97.1 Å². The quantitative estimate of drug-likeness (QED) is 0.209. The lowest BCUT2D eigenvalue weighted by atomic mass is 10.1. The van der Waals surface area contributed by atoms with E-state index in [1.807, 2.05) is 84.9 Å². The van der Waals surface area contributed by atoms with Gasteiger partial charge in [-0.3, -0.25) is 4.57 Å². The Kier molecular flexibility index (Phi) is 4.90. The van der Waals surface area contributed by atoms with Crippen LogP contribution in [0, 0.1) is 0 Å². The van der Waals surface area contributed by atoms with E-state index in [2.05, 4.69) is 53.1 Å². The highest BCUT2D eigenvalue weighted by Crippen LogP contribution is 2.39. The lowest BCUT2D eigenvalue weighted by Crippen LogP contribution is -2.06. The van der Waals surface area contributed by atoms with Gasteiger partial charge in [-0.25, -0.2) is 4.98 Å². The van der Waals surface area contributed by atoms with Crippen molar-refractivity contribution in [2.24, 2.45) is 0 Å². The molecule has 0 fully saturated rings. The molecule has 4 aromatic heterocycles. The fraction of sp³-hybridized carbons (Fsp3) is 0. The maximum absolute atomic E-state index is 6.42. The first-order valence-electron chi connectivity index (χ1n) is 14.9. The Morgan fingerprint density at radius 1 is 0.422 bits per heavy atom. The predicted molar refractivity (Wildman–Crippen MR) is 180 cm³/mol. The van der Waals surface area contributed by atoms with Crippen LogP contribution in [0.4, 0.5) is 0 Å². The minimum Gasteiger partial charge on any atom is -0.456 e. The standard InChI is InChI=1S/C39H22N4O2/c1-2-11-23(12-3-1)37-40-38(28-17-10-16-27-25-14-5-9-20-34(25)45-36(27)28)42-39(41-37)43-31-18-7-4-13-24(31)29-22-35-30(21-32(29)43)26-15-6-8-19-33(26)44-35/h1-22H. The smallest absolute Gasteiger partial charge is 0.238 e. The number of nitrogens with zero attached hydrogens (tertiary/aromatic N) is 4. The molecule has 6 nitrogen and oxygen atoms in total. The lowest BCUT2D eigenvalue weighted by molar-refractivity contribution is 0.669. The maximum atomic E-state index is 6.42. The molecule has 6 aromatic carbocycles. The van der Waals surface area contributed by atoms with Crippen molar-refractivity contribution in [3.63, 3.8) is 0 Å². The van der Waals surface area contributed by atoms with Crippen molar-refractivity contribution in [3.05, 3.63) is 133 Å². The number of benzene rings is 6. The van der Waals surface area contributed by atoms with Crippen LogP contribution in [0.25, 0.3) is 94.4 Å². The van der Waals surface area contributed by atoms with Crippen molar-refractivity contribution in [2.75, 3.05) is 0 Å². The van der Waals surface area contributed by atoms with Gasteiger partial charge in [-0.15, -0.1) is 0 Å². The van der Waals surface area contributed by atoms with E-state index in [1.165, 1.54) is 0 Å². The SMILES string of the molecule is c1ccc(-c2nc(-c3cccc4c3oc3ccccc34)nc(-n3c4ccccc4c4cc5oc6ccccc6c5cc43)n2)cc1. The van der Waals surface area contributed by atoms with Crippen LogP contribution < -0.4 is 0 Å². The molecule has 0 amide bonds. The first kappa shape index (κ1) is 24.2. The highest BCUT2D eigenvalue weighted by atomic mass is 16.3. The van der Waals surface area contributed by atoms with E-state index < -0.39 is 0 Å². The van der Waals surface area contributed by atoms with Crippen LogP contribution in [-0.2, 0) is 0 Å². The third kappa shape index (κ3) is 3.53. The maximum Gasteiger partial charge on any atom is 0.238 e.